The number of aromatic nitrogens is 1. The van der Waals surface area contributed by atoms with Crippen LogP contribution in [0.4, 0.5) is 0 Å². The Morgan fingerprint density at radius 1 is 1.27 bits per heavy atom. The van der Waals surface area contributed by atoms with Crippen molar-refractivity contribution in [3.8, 4) is 0 Å². The summed E-state index contributed by atoms with van der Waals surface area (Å²) in [4.78, 5) is 28.3. The molecule has 0 aromatic carbocycles. The predicted octanol–water partition coefficient (Wildman–Crippen LogP) is 2.10. The fraction of sp³-hybridized carbons (Fsp3) is 0.182. The first kappa shape index (κ1) is 10.1. The second-order valence-corrected chi connectivity index (χ2v) is 4.03. The molecule has 0 N–H and O–H groups in total. The lowest BCUT2D eigenvalue weighted by molar-refractivity contribution is 0.0977. The van der Waals surface area contributed by atoms with E-state index in [1.54, 1.807) is 25.3 Å². The molecule has 1 aliphatic carbocycles. The van der Waals surface area contributed by atoms with Crippen molar-refractivity contribution >= 4 is 23.3 Å². The van der Waals surface area contributed by atoms with Crippen molar-refractivity contribution in [1.82, 2.24) is 4.98 Å². The first-order chi connectivity index (χ1) is 7.16. The summed E-state index contributed by atoms with van der Waals surface area (Å²) in [6.45, 7) is 1.67. The van der Waals surface area contributed by atoms with Gasteiger partial charge in [0.15, 0.2) is 0 Å². The molecule has 1 aromatic heterocycles. The zero-order chi connectivity index (χ0) is 11.0. The van der Waals surface area contributed by atoms with Gasteiger partial charge in [0.1, 0.15) is 5.69 Å². The topological polar surface area (TPSA) is 47.0 Å². The molecule has 0 aliphatic heterocycles. The van der Waals surface area contributed by atoms with Crippen molar-refractivity contribution in [2.45, 2.75) is 6.92 Å². The molecule has 1 aliphatic rings. The summed E-state index contributed by atoms with van der Waals surface area (Å²) < 4.78 is 0. The van der Waals surface area contributed by atoms with Crippen LogP contribution in [0.3, 0.4) is 0 Å². The number of hydrogen-bond acceptors (Lipinski definition) is 4. The molecule has 3 nitrogen and oxygen atoms in total. The van der Waals surface area contributed by atoms with Crippen molar-refractivity contribution in [3.05, 3.63) is 40.1 Å². The van der Waals surface area contributed by atoms with Gasteiger partial charge >= 0.3 is 0 Å². The van der Waals surface area contributed by atoms with Crippen molar-refractivity contribution in [3.63, 3.8) is 0 Å². The predicted molar refractivity (Wildman–Crippen MR) is 59.1 cm³/mol. The maximum atomic E-state index is 11.9. The number of ketones is 2. The van der Waals surface area contributed by atoms with E-state index in [0.717, 1.165) is 0 Å². The second kappa shape index (κ2) is 3.62. The average Bonchev–Trinajstić information content (AvgIpc) is 2.27. The smallest absolute Gasteiger partial charge is 0.209 e. The van der Waals surface area contributed by atoms with Crippen LogP contribution in [-0.2, 0) is 0 Å². The molecular formula is C11H9NO2S. The standard InChI is InChI=1S/C11H9NO2S/c1-6-9(13)8-7(4-3-5-12-8)10(14)11(6)15-2/h3-5H,1-2H3. The van der Waals surface area contributed by atoms with E-state index in [1.165, 1.54) is 18.0 Å². The molecule has 0 unspecified atom stereocenters. The normalized spacial score (nSPS) is 15.6. The number of nitrogens with zero attached hydrogens (tertiary/aromatic N) is 1. The SMILES string of the molecule is CSC1=C(C)C(=O)c2ncccc2C1=O. The first-order valence-corrected chi connectivity index (χ1v) is 5.68. The summed E-state index contributed by atoms with van der Waals surface area (Å²) in [7, 11) is 0. The van der Waals surface area contributed by atoms with E-state index in [1.807, 2.05) is 0 Å². The fourth-order valence-corrected chi connectivity index (χ4v) is 2.28. The van der Waals surface area contributed by atoms with Crippen LogP contribution in [0.2, 0.25) is 0 Å². The maximum Gasteiger partial charge on any atom is 0.209 e. The Morgan fingerprint density at radius 3 is 2.67 bits per heavy atom. The minimum absolute atomic E-state index is 0.0947. The maximum absolute atomic E-state index is 11.9. The molecule has 4 heteroatoms. The van der Waals surface area contributed by atoms with Crippen molar-refractivity contribution in [2.75, 3.05) is 6.26 Å². The van der Waals surface area contributed by atoms with E-state index in [9.17, 15) is 9.59 Å². The van der Waals surface area contributed by atoms with E-state index in [0.29, 0.717) is 16.0 Å². The highest BCUT2D eigenvalue weighted by Crippen LogP contribution is 2.29. The molecule has 0 fully saturated rings. The summed E-state index contributed by atoms with van der Waals surface area (Å²) in [5.41, 5.74) is 1.19. The van der Waals surface area contributed by atoms with E-state index < -0.39 is 0 Å². The van der Waals surface area contributed by atoms with E-state index in [4.69, 9.17) is 0 Å². The van der Waals surface area contributed by atoms with Crippen LogP contribution in [0, 0.1) is 0 Å². The van der Waals surface area contributed by atoms with E-state index in [2.05, 4.69) is 4.98 Å². The molecule has 0 bridgehead atoms. The summed E-state index contributed by atoms with van der Waals surface area (Å²) >= 11 is 1.31. The summed E-state index contributed by atoms with van der Waals surface area (Å²) in [5.74, 6) is -0.239. The third-order valence-corrected chi connectivity index (χ3v) is 3.26. The van der Waals surface area contributed by atoms with Crippen LogP contribution in [-0.4, -0.2) is 22.8 Å². The molecule has 0 amide bonds. The highest BCUT2D eigenvalue weighted by molar-refractivity contribution is 8.03. The monoisotopic (exact) mass is 219 g/mol. The Labute approximate surface area is 91.6 Å². The number of rotatable bonds is 1. The lowest BCUT2D eigenvalue weighted by Gasteiger charge is -2.15. The van der Waals surface area contributed by atoms with Crippen molar-refractivity contribution < 1.29 is 9.59 Å². The van der Waals surface area contributed by atoms with Crippen LogP contribution >= 0.6 is 11.8 Å². The van der Waals surface area contributed by atoms with Gasteiger partial charge in [0.05, 0.1) is 10.5 Å². The largest absolute Gasteiger partial charge is 0.288 e. The van der Waals surface area contributed by atoms with Gasteiger partial charge in [-0.2, -0.15) is 0 Å². The minimum atomic E-state index is -0.144. The van der Waals surface area contributed by atoms with Crippen molar-refractivity contribution in [2.24, 2.45) is 0 Å². The number of carbonyl (C=O) groups excluding carboxylic acids is 2. The van der Waals surface area contributed by atoms with Gasteiger partial charge in [-0.3, -0.25) is 14.6 Å². The summed E-state index contributed by atoms with van der Waals surface area (Å²) in [5, 5.41) is 0. The van der Waals surface area contributed by atoms with Gasteiger partial charge in [-0.25, -0.2) is 0 Å². The van der Waals surface area contributed by atoms with Gasteiger partial charge in [-0.15, -0.1) is 11.8 Å². The van der Waals surface area contributed by atoms with Gasteiger partial charge in [0, 0.05) is 11.8 Å². The number of hydrogen-bond donors (Lipinski definition) is 0. The Morgan fingerprint density at radius 2 is 2.00 bits per heavy atom. The number of thioether (sulfide) groups is 1. The molecule has 2 rings (SSSR count). The number of pyridine rings is 1. The van der Waals surface area contributed by atoms with Crippen LogP contribution in [0.5, 0.6) is 0 Å². The summed E-state index contributed by atoms with van der Waals surface area (Å²) in [6, 6.07) is 3.31. The molecule has 0 spiro atoms. The zero-order valence-electron chi connectivity index (χ0n) is 8.40. The number of fused-ring (bicyclic) bond motifs is 1. The van der Waals surface area contributed by atoms with Gasteiger partial charge in [-0.1, -0.05) is 0 Å². The third kappa shape index (κ3) is 1.41. The zero-order valence-corrected chi connectivity index (χ0v) is 9.22. The Hall–Kier alpha value is -1.42. The Kier molecular flexibility index (Phi) is 2.44. The fourth-order valence-electron chi connectivity index (χ4n) is 1.59. The quantitative estimate of drug-likeness (QED) is 0.725. The summed E-state index contributed by atoms with van der Waals surface area (Å²) in [6.07, 6.45) is 3.33. The lowest BCUT2D eigenvalue weighted by Crippen LogP contribution is -2.20. The Balaban J connectivity index is 2.68. The van der Waals surface area contributed by atoms with Crippen LogP contribution in [0.15, 0.2) is 28.8 Å². The molecule has 76 valence electrons. The van der Waals surface area contributed by atoms with Gasteiger partial charge in [-0.05, 0) is 25.3 Å². The average molecular weight is 219 g/mol. The lowest BCUT2D eigenvalue weighted by atomic mass is 9.94. The molecule has 0 atom stereocenters. The minimum Gasteiger partial charge on any atom is -0.288 e. The van der Waals surface area contributed by atoms with Crippen molar-refractivity contribution in [1.29, 1.82) is 0 Å². The molecule has 0 saturated heterocycles. The first-order valence-electron chi connectivity index (χ1n) is 4.46. The number of allylic oxidation sites excluding steroid dienone is 2. The van der Waals surface area contributed by atoms with Crippen LogP contribution < -0.4 is 0 Å². The van der Waals surface area contributed by atoms with Gasteiger partial charge < -0.3 is 0 Å². The Bertz CT molecular complexity index is 491. The highest BCUT2D eigenvalue weighted by atomic mass is 32.2. The highest BCUT2D eigenvalue weighted by Gasteiger charge is 2.30. The molecule has 1 heterocycles. The number of Topliss-reactive ketones (excluding diaryl/α,β-unsaturated/α-hetero) is 2. The third-order valence-electron chi connectivity index (χ3n) is 2.36. The number of carbonyl (C=O) groups is 2. The van der Waals surface area contributed by atoms with Crippen LogP contribution in [0.25, 0.3) is 0 Å². The molecule has 1 aromatic rings. The van der Waals surface area contributed by atoms with Gasteiger partial charge in [0.25, 0.3) is 0 Å². The van der Waals surface area contributed by atoms with E-state index in [-0.39, 0.29) is 17.3 Å². The van der Waals surface area contributed by atoms with Crippen LogP contribution in [0.1, 0.15) is 27.8 Å². The molecule has 0 radical (unpaired) electrons. The molecule has 15 heavy (non-hydrogen) atoms. The molecule has 0 saturated carbocycles. The van der Waals surface area contributed by atoms with E-state index >= 15 is 0 Å². The molecular weight excluding hydrogens is 210 g/mol. The van der Waals surface area contributed by atoms with Gasteiger partial charge in [0.2, 0.25) is 11.6 Å². The second-order valence-electron chi connectivity index (χ2n) is 3.22.